The highest BCUT2D eigenvalue weighted by atomic mass is 19.3. The van der Waals surface area contributed by atoms with E-state index < -0.39 is 12.0 Å². The number of hydrogen-bond acceptors (Lipinski definition) is 1. The van der Waals surface area contributed by atoms with E-state index in [1.165, 1.54) is 14.0 Å². The molecule has 3 heteroatoms. The molecule has 0 N–H and O–H groups in total. The normalized spacial score (nSPS) is 15.3. The summed E-state index contributed by atoms with van der Waals surface area (Å²) in [6.07, 6.45) is -0.574. The molecule has 0 saturated heterocycles. The number of ether oxygens (including phenoxy) is 1. The largest absolute Gasteiger partial charge is 0.375 e. The molecule has 0 saturated carbocycles. The van der Waals surface area contributed by atoms with E-state index in [1.807, 2.05) is 0 Å². The van der Waals surface area contributed by atoms with Gasteiger partial charge in [-0.15, -0.1) is 0 Å². The topological polar surface area (TPSA) is 9.23 Å². The summed E-state index contributed by atoms with van der Waals surface area (Å²) in [6.45, 7) is 3.12. The minimum Gasteiger partial charge on any atom is -0.375 e. The van der Waals surface area contributed by atoms with Crippen molar-refractivity contribution in [3.63, 3.8) is 0 Å². The monoisotopic (exact) mass is 152 g/mol. The Labute approximate surface area is 60.4 Å². The Kier molecular flexibility index (Phi) is 3.79. The molecule has 0 bridgehead atoms. The summed E-state index contributed by atoms with van der Waals surface area (Å²) in [4.78, 5) is 0. The summed E-state index contributed by atoms with van der Waals surface area (Å²) in [7, 11) is 1.30. The van der Waals surface area contributed by atoms with Gasteiger partial charge in [0.05, 0.1) is 0 Å². The average Bonchev–Trinajstić information content (AvgIpc) is 1.86. The minimum atomic E-state index is -2.66. The molecule has 0 rings (SSSR count). The van der Waals surface area contributed by atoms with E-state index in [0.29, 0.717) is 6.42 Å². The molecule has 1 unspecified atom stereocenters. The van der Waals surface area contributed by atoms with Crippen molar-refractivity contribution in [2.75, 3.05) is 7.11 Å². The lowest BCUT2D eigenvalue weighted by molar-refractivity contribution is -0.120. The molecule has 0 aromatic carbocycles. The van der Waals surface area contributed by atoms with Crippen LogP contribution in [-0.2, 0) is 4.74 Å². The van der Waals surface area contributed by atoms with E-state index in [0.717, 1.165) is 0 Å². The number of rotatable bonds is 4. The van der Waals surface area contributed by atoms with E-state index in [4.69, 9.17) is 0 Å². The van der Waals surface area contributed by atoms with Crippen molar-refractivity contribution in [1.82, 2.24) is 0 Å². The fourth-order valence-corrected chi connectivity index (χ4v) is 0.709. The molecule has 0 aromatic rings. The summed E-state index contributed by atoms with van der Waals surface area (Å²) in [5.74, 6) is -2.66. The van der Waals surface area contributed by atoms with Gasteiger partial charge in [0, 0.05) is 13.5 Å². The van der Waals surface area contributed by atoms with Crippen LogP contribution in [-0.4, -0.2) is 19.1 Å². The molecule has 62 valence electrons. The third-order valence-corrected chi connectivity index (χ3v) is 1.53. The summed E-state index contributed by atoms with van der Waals surface area (Å²) >= 11 is 0. The molecule has 0 radical (unpaired) electrons. The van der Waals surface area contributed by atoms with Crippen molar-refractivity contribution in [2.24, 2.45) is 0 Å². The van der Waals surface area contributed by atoms with Gasteiger partial charge in [0.1, 0.15) is 6.10 Å². The lowest BCUT2D eigenvalue weighted by atomic mass is 10.1. The second-order valence-electron chi connectivity index (χ2n) is 2.39. The fraction of sp³-hybridized carbons (Fsp3) is 1.00. The van der Waals surface area contributed by atoms with Crippen LogP contribution in [0.25, 0.3) is 0 Å². The van der Waals surface area contributed by atoms with E-state index in [1.54, 1.807) is 6.92 Å². The van der Waals surface area contributed by atoms with Crippen molar-refractivity contribution >= 4 is 0 Å². The van der Waals surface area contributed by atoms with Crippen LogP contribution in [0, 0.1) is 0 Å². The maximum Gasteiger partial charge on any atom is 0.273 e. The summed E-state index contributed by atoms with van der Waals surface area (Å²) in [5, 5.41) is 0. The predicted molar refractivity (Wildman–Crippen MR) is 36.3 cm³/mol. The zero-order valence-electron chi connectivity index (χ0n) is 6.66. The molecule has 0 heterocycles. The molecule has 0 aliphatic carbocycles. The Morgan fingerprint density at radius 2 is 2.00 bits per heavy atom. The first kappa shape index (κ1) is 9.82. The maximum absolute atomic E-state index is 12.7. The molecular formula is C7H14F2O. The highest BCUT2D eigenvalue weighted by Crippen LogP contribution is 2.25. The maximum atomic E-state index is 12.7. The van der Waals surface area contributed by atoms with Crippen molar-refractivity contribution in [1.29, 1.82) is 0 Å². The second-order valence-corrected chi connectivity index (χ2v) is 2.39. The number of methoxy groups -OCH3 is 1. The van der Waals surface area contributed by atoms with Gasteiger partial charge in [0.2, 0.25) is 0 Å². The lowest BCUT2D eigenvalue weighted by Gasteiger charge is -2.21. The Balaban J connectivity index is 3.82. The molecular weight excluding hydrogens is 138 g/mol. The lowest BCUT2D eigenvalue weighted by Crippen LogP contribution is -2.32. The van der Waals surface area contributed by atoms with Crippen molar-refractivity contribution in [3.8, 4) is 0 Å². The molecule has 0 aliphatic heterocycles. The van der Waals surface area contributed by atoms with Crippen LogP contribution in [0.1, 0.15) is 26.7 Å². The first-order chi connectivity index (χ1) is 4.54. The molecule has 1 nitrogen and oxygen atoms in total. The van der Waals surface area contributed by atoms with Crippen LogP contribution in [0.5, 0.6) is 0 Å². The van der Waals surface area contributed by atoms with E-state index >= 15 is 0 Å². The molecule has 0 aromatic heterocycles. The van der Waals surface area contributed by atoms with Gasteiger partial charge in [-0.3, -0.25) is 0 Å². The molecule has 1 atom stereocenters. The molecule has 0 fully saturated rings. The Morgan fingerprint density at radius 1 is 1.50 bits per heavy atom. The zero-order valence-corrected chi connectivity index (χ0v) is 6.66. The minimum absolute atomic E-state index is 0.0952. The van der Waals surface area contributed by atoms with Crippen LogP contribution in [0.3, 0.4) is 0 Å². The molecule has 0 spiro atoms. The fourth-order valence-electron chi connectivity index (χ4n) is 0.709. The average molecular weight is 152 g/mol. The third kappa shape index (κ3) is 2.60. The smallest absolute Gasteiger partial charge is 0.273 e. The summed E-state index contributed by atoms with van der Waals surface area (Å²) < 4.78 is 29.9. The Bertz CT molecular complexity index is 93.6. The van der Waals surface area contributed by atoms with Crippen LogP contribution in [0.15, 0.2) is 0 Å². The number of hydrogen-bond donors (Lipinski definition) is 0. The highest BCUT2D eigenvalue weighted by Gasteiger charge is 2.35. The zero-order chi connectivity index (χ0) is 8.20. The highest BCUT2D eigenvalue weighted by molar-refractivity contribution is 4.72. The predicted octanol–water partition coefficient (Wildman–Crippen LogP) is 2.46. The standard InChI is InChI=1S/C7H14F2O/c1-4-5-7(8,9)6(2)10-3/h6H,4-5H2,1-3H3. The van der Waals surface area contributed by atoms with Gasteiger partial charge in [0.25, 0.3) is 5.92 Å². The summed E-state index contributed by atoms with van der Waals surface area (Å²) in [5.41, 5.74) is 0. The van der Waals surface area contributed by atoms with Gasteiger partial charge < -0.3 is 4.74 Å². The second kappa shape index (κ2) is 3.86. The van der Waals surface area contributed by atoms with Crippen molar-refractivity contribution in [3.05, 3.63) is 0 Å². The van der Waals surface area contributed by atoms with Gasteiger partial charge in [0.15, 0.2) is 0 Å². The summed E-state index contributed by atoms with van der Waals surface area (Å²) in [6, 6.07) is 0. The van der Waals surface area contributed by atoms with E-state index in [2.05, 4.69) is 4.74 Å². The number of alkyl halides is 2. The third-order valence-electron chi connectivity index (χ3n) is 1.53. The molecule has 0 aliphatic rings. The van der Waals surface area contributed by atoms with E-state index in [-0.39, 0.29) is 6.42 Å². The first-order valence-electron chi connectivity index (χ1n) is 3.45. The van der Waals surface area contributed by atoms with Gasteiger partial charge >= 0.3 is 0 Å². The van der Waals surface area contributed by atoms with Gasteiger partial charge in [-0.2, -0.15) is 0 Å². The van der Waals surface area contributed by atoms with Crippen LogP contribution >= 0.6 is 0 Å². The van der Waals surface area contributed by atoms with Crippen LogP contribution in [0.4, 0.5) is 8.78 Å². The Hall–Kier alpha value is -0.180. The van der Waals surface area contributed by atoms with Crippen LogP contribution in [0.2, 0.25) is 0 Å². The van der Waals surface area contributed by atoms with Crippen molar-refractivity contribution < 1.29 is 13.5 Å². The molecule has 0 amide bonds. The SMILES string of the molecule is CCCC(F)(F)C(C)OC. The van der Waals surface area contributed by atoms with Gasteiger partial charge in [-0.05, 0) is 6.92 Å². The Morgan fingerprint density at radius 3 is 2.30 bits per heavy atom. The number of halogens is 2. The van der Waals surface area contributed by atoms with E-state index in [9.17, 15) is 8.78 Å². The molecule has 10 heavy (non-hydrogen) atoms. The van der Waals surface area contributed by atoms with Gasteiger partial charge in [-0.25, -0.2) is 8.78 Å². The quantitative estimate of drug-likeness (QED) is 0.601. The first-order valence-corrected chi connectivity index (χ1v) is 3.45. The van der Waals surface area contributed by atoms with Crippen LogP contribution < -0.4 is 0 Å². The van der Waals surface area contributed by atoms with Gasteiger partial charge in [-0.1, -0.05) is 13.3 Å². The van der Waals surface area contributed by atoms with Crippen molar-refractivity contribution in [2.45, 2.75) is 38.7 Å².